The Morgan fingerprint density at radius 1 is 1.24 bits per heavy atom. The molecule has 2 unspecified atom stereocenters. The molecule has 0 bridgehead atoms. The molecular formula is C33H40ClF2N5O4S. The fourth-order valence-electron chi connectivity index (χ4n) is 6.12. The van der Waals surface area contributed by atoms with Crippen LogP contribution in [0.15, 0.2) is 42.5 Å². The van der Waals surface area contributed by atoms with Gasteiger partial charge in [-0.15, -0.1) is 0 Å². The zero-order valence-electron chi connectivity index (χ0n) is 26.3. The fraction of sp³-hybridized carbons (Fsp3) is 0.455. The Balaban J connectivity index is 1.82. The molecule has 1 aliphatic carbocycles. The highest BCUT2D eigenvalue weighted by atomic mass is 35.5. The number of carbonyl (C=O) groups excluding carboxylic acids is 2. The van der Waals surface area contributed by atoms with Gasteiger partial charge in [0.25, 0.3) is 0 Å². The number of rotatable bonds is 12. The number of aromatic nitrogens is 1. The molecule has 13 heteroatoms. The summed E-state index contributed by atoms with van der Waals surface area (Å²) in [5.41, 5.74) is 4.31. The standard InChI is InChI=1S/C33H40ClF2N5O4S/c1-5-18(3)25(28(37)46)39-30(43)33(13-12-24-22(16-33)21-14-20(35)15-23(34)26(21)38-24)40-29(42)27(32(4,36)6-2)41(31(44)45)17-19-10-8-7-9-11-19/h7-11,14-15,18,25,27,38H,5-6,12-13,16-17H2,1-4H3,(H2,37,46)(H,39,43)(H,40,42)(H,44,45)/t18-,25-,27?,32?,33+/m0/s1. The molecule has 0 saturated carbocycles. The maximum atomic E-state index is 16.3. The average Bonchev–Trinajstić information content (AvgIpc) is 3.37. The van der Waals surface area contributed by atoms with Crippen molar-refractivity contribution in [3.8, 4) is 0 Å². The van der Waals surface area contributed by atoms with Gasteiger partial charge in [-0.1, -0.05) is 81.3 Å². The summed E-state index contributed by atoms with van der Waals surface area (Å²) in [7, 11) is 0. The van der Waals surface area contributed by atoms with E-state index in [0.717, 1.165) is 4.90 Å². The lowest BCUT2D eigenvalue weighted by Crippen LogP contribution is -2.68. The van der Waals surface area contributed by atoms with E-state index >= 15 is 4.39 Å². The number of benzene rings is 2. The quantitative estimate of drug-likeness (QED) is 0.154. The lowest BCUT2D eigenvalue weighted by molar-refractivity contribution is -0.140. The molecule has 0 spiro atoms. The predicted octanol–water partition coefficient (Wildman–Crippen LogP) is 5.81. The van der Waals surface area contributed by atoms with Gasteiger partial charge in [0, 0.05) is 24.0 Å². The molecule has 1 aromatic heterocycles. The average molecular weight is 676 g/mol. The molecule has 0 radical (unpaired) electrons. The van der Waals surface area contributed by atoms with Crippen molar-refractivity contribution in [2.75, 3.05) is 0 Å². The smallest absolute Gasteiger partial charge is 0.408 e. The van der Waals surface area contributed by atoms with Gasteiger partial charge < -0.3 is 26.5 Å². The zero-order valence-corrected chi connectivity index (χ0v) is 27.8. The van der Waals surface area contributed by atoms with Crippen LogP contribution in [0.1, 0.15) is 63.8 Å². The molecular weight excluding hydrogens is 636 g/mol. The van der Waals surface area contributed by atoms with Crippen LogP contribution in [0.3, 0.4) is 0 Å². The van der Waals surface area contributed by atoms with Gasteiger partial charge in [-0.2, -0.15) is 0 Å². The van der Waals surface area contributed by atoms with E-state index in [2.05, 4.69) is 15.6 Å². The summed E-state index contributed by atoms with van der Waals surface area (Å²) in [4.78, 5) is 45.3. The molecule has 0 saturated heterocycles. The third kappa shape index (κ3) is 7.12. The Labute approximate surface area is 277 Å². The molecule has 9 nitrogen and oxygen atoms in total. The van der Waals surface area contributed by atoms with Crippen molar-refractivity contribution in [2.45, 2.75) is 89.6 Å². The second kappa shape index (κ2) is 13.9. The van der Waals surface area contributed by atoms with E-state index in [9.17, 15) is 23.9 Å². The van der Waals surface area contributed by atoms with Crippen molar-refractivity contribution < 1.29 is 28.3 Å². The van der Waals surface area contributed by atoms with Gasteiger partial charge in [0.2, 0.25) is 11.8 Å². The number of carboxylic acid groups (broad SMARTS) is 1. The number of hydrogen-bond donors (Lipinski definition) is 5. The third-order valence-corrected chi connectivity index (χ3v) is 9.72. The largest absolute Gasteiger partial charge is 0.465 e. The first-order valence-corrected chi connectivity index (χ1v) is 16.1. The number of carbonyl (C=O) groups is 3. The number of halogens is 3. The van der Waals surface area contributed by atoms with E-state index in [-0.39, 0.29) is 48.2 Å². The minimum atomic E-state index is -2.32. The van der Waals surface area contributed by atoms with Crippen LogP contribution in [-0.2, 0) is 29.0 Å². The molecule has 46 heavy (non-hydrogen) atoms. The molecule has 2 aromatic carbocycles. The van der Waals surface area contributed by atoms with Crippen molar-refractivity contribution >= 4 is 57.6 Å². The molecule has 3 aromatic rings. The van der Waals surface area contributed by atoms with Gasteiger partial charge in [-0.3, -0.25) is 14.5 Å². The summed E-state index contributed by atoms with van der Waals surface area (Å²) in [6.45, 7) is 6.21. The van der Waals surface area contributed by atoms with E-state index < -0.39 is 47.0 Å². The Kier molecular flexibility index (Phi) is 10.6. The van der Waals surface area contributed by atoms with Crippen LogP contribution in [0.2, 0.25) is 5.02 Å². The van der Waals surface area contributed by atoms with Crippen molar-refractivity contribution in [3.63, 3.8) is 0 Å². The molecule has 6 N–H and O–H groups in total. The minimum absolute atomic E-state index is 0.0572. The number of fused-ring (bicyclic) bond motifs is 3. The van der Waals surface area contributed by atoms with Crippen LogP contribution in [-0.4, -0.2) is 61.2 Å². The van der Waals surface area contributed by atoms with Gasteiger partial charge >= 0.3 is 6.09 Å². The van der Waals surface area contributed by atoms with Crippen LogP contribution in [0.5, 0.6) is 0 Å². The first-order chi connectivity index (χ1) is 21.6. The SMILES string of the molecule is CC[C@H](C)[C@H](NC(=O)[C@@]1(NC(=O)C(N(Cc2ccccc2)C(=O)O)C(C)(F)CC)CCc2[nH]c3c(Cl)cc(F)cc3c2C1)C(N)=S. The van der Waals surface area contributed by atoms with Crippen molar-refractivity contribution in [1.29, 1.82) is 0 Å². The van der Waals surface area contributed by atoms with Crippen LogP contribution >= 0.6 is 23.8 Å². The molecule has 1 heterocycles. The second-order valence-corrected chi connectivity index (χ2v) is 13.2. The highest BCUT2D eigenvalue weighted by molar-refractivity contribution is 7.80. The van der Waals surface area contributed by atoms with Gasteiger partial charge in [-0.05, 0) is 55.4 Å². The topological polar surface area (TPSA) is 141 Å². The highest BCUT2D eigenvalue weighted by Gasteiger charge is 2.50. The number of hydrogen-bond acceptors (Lipinski definition) is 4. The summed E-state index contributed by atoms with van der Waals surface area (Å²) in [6.07, 6.45) is -0.865. The number of alkyl halides is 1. The van der Waals surface area contributed by atoms with Crippen molar-refractivity contribution in [3.05, 3.63) is 70.1 Å². The van der Waals surface area contributed by atoms with E-state index in [1.165, 1.54) is 26.0 Å². The number of nitrogens with zero attached hydrogens (tertiary/aromatic N) is 1. The highest BCUT2D eigenvalue weighted by Crippen LogP contribution is 2.38. The number of amides is 3. The van der Waals surface area contributed by atoms with E-state index in [1.54, 1.807) is 30.3 Å². The van der Waals surface area contributed by atoms with E-state index in [1.807, 2.05) is 13.8 Å². The Bertz CT molecular complexity index is 1630. The first-order valence-electron chi connectivity index (χ1n) is 15.3. The van der Waals surface area contributed by atoms with Gasteiger partial charge in [0.05, 0.1) is 21.6 Å². The third-order valence-electron chi connectivity index (χ3n) is 9.17. The number of nitrogens with two attached hydrogens (primary N) is 1. The van der Waals surface area contributed by atoms with Gasteiger partial charge in [0.15, 0.2) is 0 Å². The maximum absolute atomic E-state index is 16.3. The summed E-state index contributed by atoms with van der Waals surface area (Å²) in [5.74, 6) is -2.33. The number of H-pyrrole nitrogens is 1. The van der Waals surface area contributed by atoms with Crippen molar-refractivity contribution in [1.82, 2.24) is 20.5 Å². The Morgan fingerprint density at radius 3 is 2.50 bits per heavy atom. The molecule has 5 atom stereocenters. The number of aromatic amines is 1. The predicted molar refractivity (Wildman–Crippen MR) is 178 cm³/mol. The lowest BCUT2D eigenvalue weighted by atomic mass is 9.77. The molecule has 1 aliphatic rings. The van der Waals surface area contributed by atoms with Crippen LogP contribution in [0, 0.1) is 11.7 Å². The number of thiocarbonyl (C=S) groups is 1. The van der Waals surface area contributed by atoms with E-state index in [0.29, 0.717) is 34.1 Å². The molecule has 0 aliphatic heterocycles. The van der Waals surface area contributed by atoms with E-state index in [4.69, 9.17) is 29.6 Å². The Morgan fingerprint density at radius 2 is 1.91 bits per heavy atom. The maximum Gasteiger partial charge on any atom is 0.408 e. The lowest BCUT2D eigenvalue weighted by Gasteiger charge is -2.42. The number of nitrogens with one attached hydrogen (secondary N) is 3. The fourth-order valence-corrected chi connectivity index (χ4v) is 6.67. The Hall–Kier alpha value is -3.77. The van der Waals surface area contributed by atoms with Crippen LogP contribution in [0.4, 0.5) is 13.6 Å². The zero-order chi connectivity index (χ0) is 34.0. The van der Waals surface area contributed by atoms with Gasteiger partial charge in [-0.25, -0.2) is 13.6 Å². The number of aryl methyl sites for hydroxylation is 1. The first kappa shape index (κ1) is 35.1. The van der Waals surface area contributed by atoms with Crippen molar-refractivity contribution in [2.24, 2.45) is 11.7 Å². The molecule has 3 amide bonds. The summed E-state index contributed by atoms with van der Waals surface area (Å²) >= 11 is 11.6. The normalized spacial score (nSPS) is 19.3. The molecule has 248 valence electrons. The summed E-state index contributed by atoms with van der Waals surface area (Å²) < 4.78 is 30.9. The molecule has 0 fully saturated rings. The molecule has 4 rings (SSSR count). The monoisotopic (exact) mass is 675 g/mol. The van der Waals surface area contributed by atoms with Crippen LogP contribution < -0.4 is 16.4 Å². The van der Waals surface area contributed by atoms with Gasteiger partial charge in [0.1, 0.15) is 23.1 Å². The summed E-state index contributed by atoms with van der Waals surface area (Å²) in [5, 5.41) is 16.6. The summed E-state index contributed by atoms with van der Waals surface area (Å²) in [6, 6.07) is 8.47. The second-order valence-electron chi connectivity index (χ2n) is 12.3. The minimum Gasteiger partial charge on any atom is -0.465 e. The van der Waals surface area contributed by atoms with Crippen LogP contribution in [0.25, 0.3) is 10.9 Å².